The van der Waals surface area contributed by atoms with Crippen molar-refractivity contribution in [3.8, 4) is 11.4 Å². The molecule has 0 radical (unpaired) electrons. The van der Waals surface area contributed by atoms with Crippen LogP contribution in [0.25, 0.3) is 5.69 Å². The molecule has 5 nitrogen and oxygen atoms in total. The minimum atomic E-state index is -0.377. The van der Waals surface area contributed by atoms with Gasteiger partial charge in [-0.05, 0) is 12.1 Å². The molecule has 0 aliphatic rings. The first kappa shape index (κ1) is 8.83. The van der Waals surface area contributed by atoms with E-state index < -0.39 is 0 Å². The molecule has 0 spiro atoms. The SMILES string of the molecule is O=c1[nH]ncn1-c1ccc(O)cc1Cl. The van der Waals surface area contributed by atoms with Gasteiger partial charge in [0.15, 0.2) is 0 Å². The van der Waals surface area contributed by atoms with Crippen molar-refractivity contribution in [3.05, 3.63) is 40.0 Å². The summed E-state index contributed by atoms with van der Waals surface area (Å²) >= 11 is 5.83. The van der Waals surface area contributed by atoms with E-state index in [0.29, 0.717) is 5.69 Å². The van der Waals surface area contributed by atoms with E-state index in [1.807, 2.05) is 0 Å². The van der Waals surface area contributed by atoms with E-state index in [4.69, 9.17) is 16.7 Å². The highest BCUT2D eigenvalue weighted by Gasteiger charge is 2.06. The van der Waals surface area contributed by atoms with Crippen LogP contribution in [-0.2, 0) is 0 Å². The number of aromatic hydroxyl groups is 1. The summed E-state index contributed by atoms with van der Waals surface area (Å²) in [4.78, 5) is 11.2. The summed E-state index contributed by atoms with van der Waals surface area (Å²) in [6.45, 7) is 0. The lowest BCUT2D eigenvalue weighted by Gasteiger charge is -2.02. The molecule has 0 bridgehead atoms. The van der Waals surface area contributed by atoms with Gasteiger partial charge in [0.2, 0.25) is 0 Å². The molecule has 1 aromatic carbocycles. The molecule has 1 aromatic heterocycles. The standard InChI is InChI=1S/C8H6ClN3O2/c9-6-3-5(13)1-2-7(6)12-4-10-11-8(12)14/h1-4,13H,(H,11,14). The molecule has 14 heavy (non-hydrogen) atoms. The summed E-state index contributed by atoms with van der Waals surface area (Å²) in [6.07, 6.45) is 1.32. The van der Waals surface area contributed by atoms with E-state index in [1.54, 1.807) is 0 Å². The van der Waals surface area contributed by atoms with Gasteiger partial charge in [-0.3, -0.25) is 0 Å². The van der Waals surface area contributed by atoms with Gasteiger partial charge >= 0.3 is 5.69 Å². The average Bonchev–Trinajstić information content (AvgIpc) is 2.52. The van der Waals surface area contributed by atoms with Crippen LogP contribution in [0.4, 0.5) is 0 Å². The zero-order chi connectivity index (χ0) is 10.1. The minimum absolute atomic E-state index is 0.0512. The van der Waals surface area contributed by atoms with E-state index in [-0.39, 0.29) is 16.5 Å². The second kappa shape index (κ2) is 3.19. The van der Waals surface area contributed by atoms with Crippen LogP contribution in [0, 0.1) is 0 Å². The van der Waals surface area contributed by atoms with Gasteiger partial charge in [0.05, 0.1) is 10.7 Å². The second-order valence-electron chi connectivity index (χ2n) is 2.67. The highest BCUT2D eigenvalue weighted by molar-refractivity contribution is 6.32. The maximum atomic E-state index is 11.2. The predicted molar refractivity (Wildman–Crippen MR) is 50.9 cm³/mol. The van der Waals surface area contributed by atoms with E-state index >= 15 is 0 Å². The monoisotopic (exact) mass is 211 g/mol. The topological polar surface area (TPSA) is 70.9 Å². The van der Waals surface area contributed by atoms with E-state index in [2.05, 4.69) is 10.2 Å². The fourth-order valence-corrected chi connectivity index (χ4v) is 1.38. The quantitative estimate of drug-likeness (QED) is 0.737. The Morgan fingerprint density at radius 3 is 2.86 bits per heavy atom. The maximum Gasteiger partial charge on any atom is 0.347 e. The molecule has 0 saturated carbocycles. The molecule has 0 unspecified atom stereocenters. The number of halogens is 1. The van der Waals surface area contributed by atoms with Crippen molar-refractivity contribution in [1.82, 2.24) is 14.8 Å². The van der Waals surface area contributed by atoms with Crippen molar-refractivity contribution in [2.24, 2.45) is 0 Å². The molecule has 2 aromatic rings. The van der Waals surface area contributed by atoms with Crippen LogP contribution in [0.3, 0.4) is 0 Å². The van der Waals surface area contributed by atoms with Crippen LogP contribution >= 0.6 is 11.6 Å². The highest BCUT2D eigenvalue weighted by Crippen LogP contribution is 2.23. The Balaban J connectivity index is 2.63. The lowest BCUT2D eigenvalue weighted by Crippen LogP contribution is -2.14. The number of nitrogens with zero attached hydrogens (tertiary/aromatic N) is 2. The average molecular weight is 212 g/mol. The van der Waals surface area contributed by atoms with Crippen LogP contribution in [0.1, 0.15) is 0 Å². The second-order valence-corrected chi connectivity index (χ2v) is 3.07. The van der Waals surface area contributed by atoms with Crippen molar-refractivity contribution >= 4 is 11.6 Å². The molecule has 1 heterocycles. The molecular weight excluding hydrogens is 206 g/mol. The van der Waals surface area contributed by atoms with Gasteiger partial charge in [-0.2, -0.15) is 5.10 Å². The zero-order valence-electron chi connectivity index (χ0n) is 6.94. The van der Waals surface area contributed by atoms with Crippen molar-refractivity contribution in [3.63, 3.8) is 0 Å². The van der Waals surface area contributed by atoms with Crippen molar-refractivity contribution < 1.29 is 5.11 Å². The smallest absolute Gasteiger partial charge is 0.347 e. The number of H-pyrrole nitrogens is 1. The number of aromatic amines is 1. The fraction of sp³-hybridized carbons (Fsp3) is 0. The van der Waals surface area contributed by atoms with Gasteiger partial charge < -0.3 is 5.11 Å². The molecule has 2 rings (SSSR count). The van der Waals surface area contributed by atoms with E-state index in [0.717, 1.165) is 0 Å². The van der Waals surface area contributed by atoms with Gasteiger partial charge in [-0.1, -0.05) is 11.6 Å². The number of hydrogen-bond acceptors (Lipinski definition) is 3. The number of phenols is 1. The van der Waals surface area contributed by atoms with E-state index in [9.17, 15) is 4.79 Å². The normalized spacial score (nSPS) is 10.4. The third kappa shape index (κ3) is 1.38. The first-order chi connectivity index (χ1) is 6.68. The Hall–Kier alpha value is -1.75. The van der Waals surface area contributed by atoms with Gasteiger partial charge in [0.25, 0.3) is 0 Å². The molecule has 72 valence electrons. The number of rotatable bonds is 1. The maximum absolute atomic E-state index is 11.2. The molecule has 0 atom stereocenters. The minimum Gasteiger partial charge on any atom is -0.508 e. The summed E-state index contributed by atoms with van der Waals surface area (Å²) in [5.74, 6) is 0.0512. The summed E-state index contributed by atoms with van der Waals surface area (Å²) < 4.78 is 1.25. The van der Waals surface area contributed by atoms with Crippen LogP contribution in [0.5, 0.6) is 5.75 Å². The van der Waals surface area contributed by atoms with Gasteiger partial charge in [0, 0.05) is 6.07 Å². The molecule has 0 aliphatic carbocycles. The summed E-state index contributed by atoms with van der Waals surface area (Å²) in [6, 6.07) is 4.34. The predicted octanol–water partition coefficient (Wildman–Crippen LogP) is 0.920. The summed E-state index contributed by atoms with van der Waals surface area (Å²) in [5, 5.41) is 15.2. The molecule has 0 aliphatic heterocycles. The van der Waals surface area contributed by atoms with Crippen LogP contribution < -0.4 is 5.69 Å². The van der Waals surface area contributed by atoms with Gasteiger partial charge in [-0.25, -0.2) is 14.5 Å². The van der Waals surface area contributed by atoms with Crippen LogP contribution in [0.2, 0.25) is 5.02 Å². The molecule has 0 fully saturated rings. The third-order valence-electron chi connectivity index (χ3n) is 1.74. The number of hydrogen-bond donors (Lipinski definition) is 2. The fourth-order valence-electron chi connectivity index (χ4n) is 1.11. The van der Waals surface area contributed by atoms with Gasteiger partial charge in [-0.15, -0.1) is 0 Å². The number of phenolic OH excluding ortho intramolecular Hbond substituents is 1. The lowest BCUT2D eigenvalue weighted by atomic mass is 10.3. The lowest BCUT2D eigenvalue weighted by molar-refractivity contribution is 0.475. The first-order valence-electron chi connectivity index (χ1n) is 3.79. The van der Waals surface area contributed by atoms with Crippen molar-refractivity contribution in [2.75, 3.05) is 0 Å². The molecule has 6 heteroatoms. The molecule has 0 saturated heterocycles. The Bertz CT molecular complexity index is 517. The first-order valence-corrected chi connectivity index (χ1v) is 4.17. The Morgan fingerprint density at radius 2 is 2.29 bits per heavy atom. The Morgan fingerprint density at radius 1 is 1.50 bits per heavy atom. The van der Waals surface area contributed by atoms with E-state index in [1.165, 1.54) is 29.1 Å². The summed E-state index contributed by atoms with van der Waals surface area (Å²) in [7, 11) is 0. The van der Waals surface area contributed by atoms with Crippen LogP contribution in [0.15, 0.2) is 29.3 Å². The Kier molecular flexibility index (Phi) is 2.01. The number of nitrogens with one attached hydrogen (secondary N) is 1. The summed E-state index contributed by atoms with van der Waals surface area (Å²) in [5.41, 5.74) is 0.0980. The molecule has 0 amide bonds. The Labute approximate surface area is 83.6 Å². The van der Waals surface area contributed by atoms with Crippen molar-refractivity contribution in [1.29, 1.82) is 0 Å². The molecule has 2 N–H and O–H groups in total. The largest absolute Gasteiger partial charge is 0.508 e. The highest BCUT2D eigenvalue weighted by atomic mass is 35.5. The van der Waals surface area contributed by atoms with Crippen LogP contribution in [-0.4, -0.2) is 19.9 Å². The zero-order valence-corrected chi connectivity index (χ0v) is 7.69. The molecular formula is C8H6ClN3O2. The third-order valence-corrected chi connectivity index (χ3v) is 2.05. The number of benzene rings is 1. The van der Waals surface area contributed by atoms with Gasteiger partial charge in [0.1, 0.15) is 12.1 Å². The van der Waals surface area contributed by atoms with Crippen molar-refractivity contribution in [2.45, 2.75) is 0 Å². The number of aromatic nitrogens is 3.